The van der Waals surface area contributed by atoms with Crippen LogP contribution < -0.4 is 5.32 Å². The molecule has 0 spiro atoms. The number of rotatable bonds is 7. The van der Waals surface area contributed by atoms with Gasteiger partial charge in [-0.05, 0) is 80.8 Å². The number of carbonyl (C=O) groups is 2. The Bertz CT molecular complexity index is 1290. The molecule has 1 aromatic heterocycles. The van der Waals surface area contributed by atoms with Crippen molar-refractivity contribution in [3.8, 4) is 0 Å². The summed E-state index contributed by atoms with van der Waals surface area (Å²) in [5.74, 6) is 1.11. The number of aromatic nitrogens is 1. The van der Waals surface area contributed by atoms with Gasteiger partial charge in [-0.2, -0.15) is 0 Å². The Morgan fingerprint density at radius 2 is 1.74 bits per heavy atom. The lowest BCUT2D eigenvalue weighted by atomic mass is 9.49. The van der Waals surface area contributed by atoms with Crippen molar-refractivity contribution in [2.75, 3.05) is 19.4 Å². The molecule has 0 unspecified atom stereocenters. The van der Waals surface area contributed by atoms with Gasteiger partial charge >= 0.3 is 5.97 Å². The molecule has 4 aliphatic rings. The third kappa shape index (κ3) is 4.51. The quantitative estimate of drug-likeness (QED) is 0.429. The number of fused-ring (bicyclic) bond motifs is 1. The van der Waals surface area contributed by atoms with Crippen molar-refractivity contribution in [1.82, 2.24) is 9.29 Å². The van der Waals surface area contributed by atoms with Crippen molar-refractivity contribution in [3.63, 3.8) is 0 Å². The second-order valence-electron chi connectivity index (χ2n) is 10.6. The van der Waals surface area contributed by atoms with Gasteiger partial charge in [0.1, 0.15) is 10.7 Å². The molecule has 0 saturated heterocycles. The predicted octanol–water partition coefficient (Wildman–Crippen LogP) is 4.54. The van der Waals surface area contributed by atoms with Gasteiger partial charge in [0.05, 0.1) is 18.4 Å². The van der Waals surface area contributed by atoms with E-state index in [1.807, 2.05) is 0 Å². The monoisotopic (exact) mass is 518 g/mol. The minimum atomic E-state index is -3.85. The summed E-state index contributed by atoms with van der Waals surface area (Å²) in [4.78, 5) is 25.9. The van der Waals surface area contributed by atoms with Crippen LogP contribution in [0, 0.1) is 23.2 Å². The topological polar surface area (TPSA) is 94.5 Å². The van der Waals surface area contributed by atoms with E-state index in [0.717, 1.165) is 47.2 Å². The van der Waals surface area contributed by atoms with E-state index in [1.54, 1.807) is 31.2 Å². The molecule has 1 heterocycles. The Labute approximate surface area is 210 Å². The number of nitrogens with zero attached hydrogens (tertiary/aromatic N) is 1. The van der Waals surface area contributed by atoms with Crippen LogP contribution in [0.1, 0.15) is 61.5 Å². The molecule has 4 saturated carbocycles. The minimum Gasteiger partial charge on any atom is -0.461 e. The van der Waals surface area contributed by atoms with Gasteiger partial charge in [-0.25, -0.2) is 17.2 Å². The molecule has 188 valence electrons. The number of benzene rings is 1. The van der Waals surface area contributed by atoms with E-state index in [9.17, 15) is 18.0 Å². The average Bonchev–Trinajstić information content (AvgIpc) is 3.11. The van der Waals surface area contributed by atoms with Gasteiger partial charge in [-0.3, -0.25) is 4.79 Å². The van der Waals surface area contributed by atoms with Crippen molar-refractivity contribution in [2.45, 2.75) is 45.4 Å². The molecule has 0 atom stereocenters. The summed E-state index contributed by atoms with van der Waals surface area (Å²) in [6.07, 6.45) is 9.88. The largest absolute Gasteiger partial charge is 0.461 e. The molecule has 0 aliphatic heterocycles. The third-order valence-corrected chi connectivity index (χ3v) is 9.27. The summed E-state index contributed by atoms with van der Waals surface area (Å²) in [5.41, 5.74) is 0.564. The molecule has 2 aromatic rings. The first kappa shape index (κ1) is 24.4. The molecule has 1 N–H and O–H groups in total. The second-order valence-corrected chi connectivity index (χ2v) is 12.9. The number of amides is 1. The van der Waals surface area contributed by atoms with E-state index >= 15 is 0 Å². The lowest BCUT2D eigenvalue weighted by molar-refractivity contribution is -0.119. The van der Waals surface area contributed by atoms with Gasteiger partial charge in [0.2, 0.25) is 10.0 Å². The SMILES string of the molecule is CCOC(=O)c1c(/C=C(\Cl)C(=O)NCC23CC4CC(CC(C4)C2)C3)c2ccccc2n1S(C)(=O)=O. The van der Waals surface area contributed by atoms with Crippen molar-refractivity contribution in [2.24, 2.45) is 23.2 Å². The van der Waals surface area contributed by atoms with Crippen molar-refractivity contribution in [3.05, 3.63) is 40.6 Å². The Hall–Kier alpha value is -2.32. The number of para-hydroxylation sites is 1. The molecular formula is C26H31ClN2O5S. The first-order valence-electron chi connectivity index (χ1n) is 12.3. The van der Waals surface area contributed by atoms with Crippen LogP contribution in [0.3, 0.4) is 0 Å². The summed E-state index contributed by atoms with van der Waals surface area (Å²) >= 11 is 6.47. The number of nitrogens with one attached hydrogen (secondary N) is 1. The molecule has 4 fully saturated rings. The highest BCUT2D eigenvalue weighted by Crippen LogP contribution is 2.59. The molecule has 7 nitrogen and oxygen atoms in total. The molecule has 4 bridgehead atoms. The highest BCUT2D eigenvalue weighted by molar-refractivity contribution is 7.89. The molecule has 1 amide bonds. The molecular weight excluding hydrogens is 488 g/mol. The maximum absolute atomic E-state index is 13.0. The van der Waals surface area contributed by atoms with E-state index in [0.29, 0.717) is 17.4 Å². The van der Waals surface area contributed by atoms with Crippen LogP contribution in [-0.4, -0.2) is 43.7 Å². The number of ether oxygens (including phenoxy) is 1. The Balaban J connectivity index is 1.46. The summed E-state index contributed by atoms with van der Waals surface area (Å²) in [7, 11) is -3.85. The van der Waals surface area contributed by atoms with E-state index in [2.05, 4.69) is 5.32 Å². The highest BCUT2D eigenvalue weighted by Gasteiger charge is 2.50. The smallest absolute Gasteiger partial charge is 0.356 e. The first-order chi connectivity index (χ1) is 16.6. The zero-order valence-corrected chi connectivity index (χ0v) is 21.6. The van der Waals surface area contributed by atoms with E-state index < -0.39 is 21.9 Å². The van der Waals surface area contributed by atoms with Gasteiger partial charge < -0.3 is 10.1 Å². The van der Waals surface area contributed by atoms with Crippen LogP contribution in [-0.2, 0) is 19.6 Å². The lowest BCUT2D eigenvalue weighted by Crippen LogP contribution is -2.51. The normalized spacial score (nSPS) is 27.9. The van der Waals surface area contributed by atoms with Crippen molar-refractivity contribution in [1.29, 1.82) is 0 Å². The Morgan fingerprint density at radius 1 is 1.14 bits per heavy atom. The zero-order valence-electron chi connectivity index (χ0n) is 20.1. The molecule has 0 radical (unpaired) electrons. The minimum absolute atomic E-state index is 0.0760. The predicted molar refractivity (Wildman–Crippen MR) is 136 cm³/mol. The number of halogens is 1. The maximum Gasteiger partial charge on any atom is 0.356 e. The fourth-order valence-electron chi connectivity index (χ4n) is 7.17. The summed E-state index contributed by atoms with van der Waals surface area (Å²) in [6, 6.07) is 6.73. The first-order valence-corrected chi connectivity index (χ1v) is 14.5. The van der Waals surface area contributed by atoms with Crippen LogP contribution in [0.15, 0.2) is 29.3 Å². The number of esters is 1. The Morgan fingerprint density at radius 3 is 2.31 bits per heavy atom. The van der Waals surface area contributed by atoms with Gasteiger partial charge in [0, 0.05) is 17.5 Å². The van der Waals surface area contributed by atoms with Crippen LogP contribution in [0.25, 0.3) is 17.0 Å². The Kier molecular flexibility index (Phi) is 6.24. The van der Waals surface area contributed by atoms with E-state index in [-0.39, 0.29) is 28.3 Å². The van der Waals surface area contributed by atoms with Gasteiger partial charge in [0.25, 0.3) is 5.91 Å². The number of hydrogen-bond acceptors (Lipinski definition) is 5. The zero-order chi connectivity index (χ0) is 25.0. The van der Waals surface area contributed by atoms with Crippen LogP contribution >= 0.6 is 11.6 Å². The number of hydrogen-bond donors (Lipinski definition) is 1. The highest BCUT2D eigenvalue weighted by atomic mass is 35.5. The van der Waals surface area contributed by atoms with E-state index in [4.69, 9.17) is 16.3 Å². The lowest BCUT2D eigenvalue weighted by Gasteiger charge is -2.56. The van der Waals surface area contributed by atoms with Gasteiger partial charge in [-0.1, -0.05) is 29.8 Å². The summed E-state index contributed by atoms with van der Waals surface area (Å²) in [6.45, 7) is 2.31. The van der Waals surface area contributed by atoms with Crippen molar-refractivity contribution >= 4 is 50.5 Å². The van der Waals surface area contributed by atoms with E-state index in [1.165, 1.54) is 25.3 Å². The maximum atomic E-state index is 13.0. The van der Waals surface area contributed by atoms with Crippen LogP contribution in [0.4, 0.5) is 0 Å². The fraction of sp³-hybridized carbons (Fsp3) is 0.538. The summed E-state index contributed by atoms with van der Waals surface area (Å²) in [5, 5.41) is 3.43. The second kappa shape index (κ2) is 8.96. The molecule has 1 aromatic carbocycles. The molecule has 9 heteroatoms. The standard InChI is InChI=1S/C26H31ClN2O5S/c1-3-34-25(31)23-20(19-6-4-5-7-22(19)29(23)35(2,32)33)11-21(27)24(30)28-15-26-12-16-8-17(13-26)10-18(9-16)14-26/h4-7,11,16-18H,3,8-10,12-15H2,1-2H3,(H,28,30)/b21-11-. The van der Waals surface area contributed by atoms with Crippen LogP contribution in [0.5, 0.6) is 0 Å². The molecule has 35 heavy (non-hydrogen) atoms. The van der Waals surface area contributed by atoms with Crippen LogP contribution in [0.2, 0.25) is 0 Å². The fourth-order valence-corrected chi connectivity index (χ4v) is 8.37. The number of carbonyl (C=O) groups excluding carboxylic acids is 2. The average molecular weight is 519 g/mol. The molecule has 6 rings (SSSR count). The van der Waals surface area contributed by atoms with Gasteiger partial charge in [-0.15, -0.1) is 0 Å². The third-order valence-electron chi connectivity index (χ3n) is 7.95. The van der Waals surface area contributed by atoms with Crippen molar-refractivity contribution < 1.29 is 22.7 Å². The van der Waals surface area contributed by atoms with Gasteiger partial charge in [0.15, 0.2) is 0 Å². The summed E-state index contributed by atoms with van der Waals surface area (Å²) < 4.78 is 31.4. The molecule has 4 aliphatic carbocycles.